The first-order valence-electron chi connectivity index (χ1n) is 9.02. The van der Waals surface area contributed by atoms with Gasteiger partial charge in [-0.3, -0.25) is 4.98 Å². The van der Waals surface area contributed by atoms with Crippen molar-refractivity contribution in [2.24, 2.45) is 23.7 Å². The van der Waals surface area contributed by atoms with Crippen LogP contribution < -0.4 is 0 Å². The number of halogens is 1. The number of aromatic nitrogens is 1. The molecule has 0 radical (unpaired) electrons. The minimum absolute atomic E-state index is 0.157. The Morgan fingerprint density at radius 3 is 2.39 bits per heavy atom. The van der Waals surface area contributed by atoms with E-state index in [-0.39, 0.29) is 5.41 Å². The van der Waals surface area contributed by atoms with Crippen molar-refractivity contribution in [1.82, 2.24) is 4.98 Å². The fourth-order valence-corrected chi connectivity index (χ4v) is 7.37. The molecule has 4 saturated carbocycles. The van der Waals surface area contributed by atoms with Crippen molar-refractivity contribution in [3.05, 3.63) is 52.8 Å². The summed E-state index contributed by atoms with van der Waals surface area (Å²) < 4.78 is 0. The van der Waals surface area contributed by atoms with Gasteiger partial charge in [-0.15, -0.1) is 0 Å². The third-order valence-electron chi connectivity index (χ3n) is 7.41. The Kier molecular flexibility index (Phi) is 2.37. The van der Waals surface area contributed by atoms with Gasteiger partial charge in [-0.05, 0) is 90.2 Å². The maximum Gasteiger partial charge on any atom is 0.0453 e. The van der Waals surface area contributed by atoms with Crippen molar-refractivity contribution in [2.45, 2.75) is 37.5 Å². The molecule has 0 N–H and O–H groups in total. The van der Waals surface area contributed by atoms with Crippen LogP contribution in [-0.2, 0) is 5.41 Å². The topological polar surface area (TPSA) is 12.9 Å². The highest BCUT2D eigenvalue weighted by molar-refractivity contribution is 6.32. The number of pyridine rings is 1. The van der Waals surface area contributed by atoms with E-state index in [0.717, 1.165) is 28.7 Å². The van der Waals surface area contributed by atoms with Gasteiger partial charge < -0.3 is 0 Å². The number of nitrogens with zero attached hydrogens (tertiary/aromatic N) is 1. The highest BCUT2D eigenvalue weighted by Gasteiger charge is 2.62. The van der Waals surface area contributed by atoms with Crippen LogP contribution in [0.2, 0.25) is 5.02 Å². The third kappa shape index (κ3) is 1.40. The number of benzene rings is 1. The van der Waals surface area contributed by atoms with E-state index < -0.39 is 0 Å². The number of hydrogen-bond acceptors (Lipinski definition) is 1. The second kappa shape index (κ2) is 4.19. The zero-order valence-electron chi connectivity index (χ0n) is 13.1. The Bertz CT molecular complexity index is 796. The van der Waals surface area contributed by atoms with Crippen LogP contribution in [-0.4, -0.2) is 4.98 Å². The van der Waals surface area contributed by atoms with Gasteiger partial charge in [0, 0.05) is 22.8 Å². The molecule has 4 bridgehead atoms. The van der Waals surface area contributed by atoms with Gasteiger partial charge in [-0.25, -0.2) is 0 Å². The Balaban J connectivity index is 1.71. The van der Waals surface area contributed by atoms with Gasteiger partial charge in [0.05, 0.1) is 0 Å². The Labute approximate surface area is 142 Å². The molecule has 23 heavy (non-hydrogen) atoms. The lowest BCUT2D eigenvalue weighted by molar-refractivity contribution is -0.0400. The molecule has 1 nitrogen and oxygen atoms in total. The predicted octanol–water partition coefficient (Wildman–Crippen LogP) is 5.46. The van der Waals surface area contributed by atoms with Crippen molar-refractivity contribution in [3.8, 4) is 11.1 Å². The van der Waals surface area contributed by atoms with E-state index in [1.165, 1.54) is 54.4 Å². The normalized spacial score (nSPS) is 38.8. The first kappa shape index (κ1) is 13.0. The maximum absolute atomic E-state index is 6.82. The second-order valence-corrected chi connectivity index (χ2v) is 8.66. The molecule has 1 aromatic carbocycles. The van der Waals surface area contributed by atoms with Gasteiger partial charge in [0.2, 0.25) is 0 Å². The molecule has 1 spiro atoms. The molecular weight excluding hydrogens is 302 g/mol. The van der Waals surface area contributed by atoms with Crippen LogP contribution in [0, 0.1) is 23.7 Å². The van der Waals surface area contributed by atoms with Crippen molar-refractivity contribution >= 4 is 11.6 Å². The highest BCUT2D eigenvalue weighted by Crippen LogP contribution is 2.69. The number of hydrogen-bond donors (Lipinski definition) is 0. The second-order valence-electron chi connectivity index (χ2n) is 8.26. The summed E-state index contributed by atoms with van der Waals surface area (Å²) in [5, 5.41) is 0.978. The molecule has 2 heteroatoms. The fourth-order valence-electron chi connectivity index (χ4n) is 7.04. The van der Waals surface area contributed by atoms with Gasteiger partial charge in [-0.2, -0.15) is 0 Å². The summed E-state index contributed by atoms with van der Waals surface area (Å²) in [4.78, 5) is 4.53. The van der Waals surface area contributed by atoms with E-state index in [1.54, 1.807) is 0 Å². The van der Waals surface area contributed by atoms with E-state index in [1.807, 2.05) is 6.20 Å². The molecule has 0 saturated heterocycles. The highest BCUT2D eigenvalue weighted by atomic mass is 35.5. The molecule has 5 aliphatic rings. The number of rotatable bonds is 0. The number of fused-ring (bicyclic) bond motifs is 3. The van der Waals surface area contributed by atoms with Crippen LogP contribution in [0.3, 0.4) is 0 Å². The first-order valence-corrected chi connectivity index (χ1v) is 9.40. The molecule has 0 amide bonds. The van der Waals surface area contributed by atoms with Crippen molar-refractivity contribution < 1.29 is 0 Å². The summed E-state index contributed by atoms with van der Waals surface area (Å²) in [5.41, 5.74) is 5.85. The SMILES string of the molecule is Clc1cccc2c1C1(c3cnccc3-2)C2CC3CC(C2)CC1C3. The van der Waals surface area contributed by atoms with Gasteiger partial charge in [0.15, 0.2) is 0 Å². The maximum atomic E-state index is 6.82. The fraction of sp³-hybridized carbons (Fsp3) is 0.476. The van der Waals surface area contributed by atoms with E-state index >= 15 is 0 Å². The van der Waals surface area contributed by atoms with E-state index in [9.17, 15) is 0 Å². The smallest absolute Gasteiger partial charge is 0.0453 e. The van der Waals surface area contributed by atoms with Crippen LogP contribution >= 0.6 is 11.6 Å². The van der Waals surface area contributed by atoms with E-state index in [0.29, 0.717) is 0 Å². The van der Waals surface area contributed by atoms with E-state index in [4.69, 9.17) is 11.6 Å². The van der Waals surface area contributed by atoms with Crippen molar-refractivity contribution in [2.75, 3.05) is 0 Å². The summed E-state index contributed by atoms with van der Waals surface area (Å²) in [6, 6.07) is 8.71. The summed E-state index contributed by atoms with van der Waals surface area (Å²) in [5.74, 6) is 3.47. The lowest BCUT2D eigenvalue weighted by Gasteiger charge is -2.61. The Morgan fingerprint density at radius 1 is 0.913 bits per heavy atom. The minimum atomic E-state index is 0.157. The minimum Gasteiger partial charge on any atom is -0.264 e. The average Bonchev–Trinajstić information content (AvgIpc) is 2.85. The summed E-state index contributed by atoms with van der Waals surface area (Å²) in [6.07, 6.45) is 11.2. The molecule has 0 unspecified atom stereocenters. The summed E-state index contributed by atoms with van der Waals surface area (Å²) in [6.45, 7) is 0. The van der Waals surface area contributed by atoms with Gasteiger partial charge in [0.25, 0.3) is 0 Å². The molecule has 5 aliphatic carbocycles. The molecule has 116 valence electrons. The van der Waals surface area contributed by atoms with Gasteiger partial charge in [0.1, 0.15) is 0 Å². The van der Waals surface area contributed by atoms with Crippen LogP contribution in [0.1, 0.15) is 43.2 Å². The monoisotopic (exact) mass is 321 g/mol. The standard InChI is InChI=1S/C21H20ClN/c22-19-3-1-2-17-16-4-5-23-11-18(16)21(20(17)19)14-7-12-6-13(9-14)10-15(21)8-12/h1-5,11-15H,6-10H2. The molecule has 1 aromatic heterocycles. The zero-order chi connectivity index (χ0) is 15.2. The molecule has 4 fully saturated rings. The molecule has 0 atom stereocenters. The van der Waals surface area contributed by atoms with Crippen molar-refractivity contribution in [1.29, 1.82) is 0 Å². The Hall–Kier alpha value is -1.34. The predicted molar refractivity (Wildman–Crippen MR) is 92.5 cm³/mol. The quantitative estimate of drug-likeness (QED) is 0.628. The summed E-state index contributed by atoms with van der Waals surface area (Å²) >= 11 is 6.82. The summed E-state index contributed by atoms with van der Waals surface area (Å²) in [7, 11) is 0. The molecule has 1 heterocycles. The van der Waals surface area contributed by atoms with E-state index in [2.05, 4.69) is 35.4 Å². The van der Waals surface area contributed by atoms with Crippen molar-refractivity contribution in [3.63, 3.8) is 0 Å². The van der Waals surface area contributed by atoms with Crippen LogP contribution in [0.4, 0.5) is 0 Å². The molecule has 7 rings (SSSR count). The molecule has 0 aliphatic heterocycles. The van der Waals surface area contributed by atoms with Gasteiger partial charge >= 0.3 is 0 Å². The van der Waals surface area contributed by atoms with Crippen LogP contribution in [0.15, 0.2) is 36.7 Å². The zero-order valence-corrected chi connectivity index (χ0v) is 13.9. The molecular formula is C21H20ClN. The third-order valence-corrected chi connectivity index (χ3v) is 7.73. The van der Waals surface area contributed by atoms with Gasteiger partial charge in [-0.1, -0.05) is 23.7 Å². The lowest BCUT2D eigenvalue weighted by Crippen LogP contribution is -2.55. The van der Waals surface area contributed by atoms with Crippen LogP contribution in [0.25, 0.3) is 11.1 Å². The van der Waals surface area contributed by atoms with Crippen LogP contribution in [0.5, 0.6) is 0 Å². The largest absolute Gasteiger partial charge is 0.264 e. The molecule has 2 aromatic rings. The lowest BCUT2D eigenvalue weighted by atomic mass is 9.43. The Morgan fingerprint density at radius 2 is 1.65 bits per heavy atom. The first-order chi connectivity index (χ1) is 11.3. The average molecular weight is 322 g/mol.